The summed E-state index contributed by atoms with van der Waals surface area (Å²) < 4.78 is 0. The molecule has 2 heterocycles. The Morgan fingerprint density at radius 2 is 2.28 bits per heavy atom. The molecule has 3 nitrogen and oxygen atoms in total. The third kappa shape index (κ3) is 1.91. The van der Waals surface area contributed by atoms with Crippen LogP contribution in [0.4, 0.5) is 0 Å². The molecule has 1 saturated carbocycles. The first-order chi connectivity index (χ1) is 8.64. The van der Waals surface area contributed by atoms with E-state index >= 15 is 0 Å². The zero-order valence-corrected chi connectivity index (χ0v) is 12.1. The summed E-state index contributed by atoms with van der Waals surface area (Å²) in [5.74, 6) is 0.607. The standard InChI is InChI=1S/C14H22N2OS/c1-10-12(11-4-7-16(2)8-11)15-13(18-10)14(9-17)5-3-6-14/h11,17H,3-9H2,1-2H3. The first kappa shape index (κ1) is 12.6. The molecule has 0 aromatic carbocycles. The maximum absolute atomic E-state index is 9.66. The lowest BCUT2D eigenvalue weighted by Gasteiger charge is -2.38. The molecule has 0 radical (unpaired) electrons. The highest BCUT2D eigenvalue weighted by Gasteiger charge is 2.41. The average molecular weight is 266 g/mol. The molecule has 1 N–H and O–H groups in total. The van der Waals surface area contributed by atoms with Crippen molar-refractivity contribution in [1.82, 2.24) is 9.88 Å². The molecule has 1 atom stereocenters. The van der Waals surface area contributed by atoms with Crippen molar-refractivity contribution in [2.45, 2.75) is 43.9 Å². The second-order valence-corrected chi connectivity index (χ2v) is 7.20. The number of aliphatic hydroxyl groups is 1. The third-order valence-corrected chi connectivity index (χ3v) is 5.91. The number of hydrogen-bond acceptors (Lipinski definition) is 4. The number of nitrogens with zero attached hydrogens (tertiary/aromatic N) is 2. The largest absolute Gasteiger partial charge is 0.395 e. The first-order valence-corrected chi connectivity index (χ1v) is 7.73. The van der Waals surface area contributed by atoms with E-state index in [2.05, 4.69) is 18.9 Å². The van der Waals surface area contributed by atoms with E-state index in [4.69, 9.17) is 4.98 Å². The molecule has 0 bridgehead atoms. The number of aryl methyl sites for hydroxylation is 1. The molecule has 0 amide bonds. The van der Waals surface area contributed by atoms with Gasteiger partial charge in [0.25, 0.3) is 0 Å². The summed E-state index contributed by atoms with van der Waals surface area (Å²) in [5.41, 5.74) is 1.32. The SMILES string of the molecule is Cc1sc(C2(CO)CCC2)nc1C1CCN(C)C1. The molecule has 1 unspecified atom stereocenters. The van der Waals surface area contributed by atoms with Gasteiger partial charge in [0, 0.05) is 22.8 Å². The Labute approximate surface area is 113 Å². The van der Waals surface area contributed by atoms with Crippen LogP contribution in [0.25, 0.3) is 0 Å². The lowest BCUT2D eigenvalue weighted by Crippen LogP contribution is -2.37. The Morgan fingerprint density at radius 3 is 2.78 bits per heavy atom. The van der Waals surface area contributed by atoms with Gasteiger partial charge < -0.3 is 10.0 Å². The topological polar surface area (TPSA) is 36.4 Å². The Morgan fingerprint density at radius 1 is 1.50 bits per heavy atom. The maximum Gasteiger partial charge on any atom is 0.102 e. The molecule has 0 spiro atoms. The number of likely N-dealkylation sites (N-methyl/N-ethyl adjacent to an activating group) is 1. The number of likely N-dealkylation sites (tertiary alicyclic amines) is 1. The van der Waals surface area contributed by atoms with Crippen molar-refractivity contribution in [3.8, 4) is 0 Å². The second-order valence-electron chi connectivity index (χ2n) is 6.00. The van der Waals surface area contributed by atoms with Crippen LogP contribution in [0.15, 0.2) is 0 Å². The van der Waals surface area contributed by atoms with Crippen molar-refractivity contribution in [3.05, 3.63) is 15.6 Å². The van der Waals surface area contributed by atoms with Gasteiger partial charge in [-0.2, -0.15) is 0 Å². The summed E-state index contributed by atoms with van der Waals surface area (Å²) >= 11 is 1.82. The zero-order chi connectivity index (χ0) is 12.8. The molecule has 1 saturated heterocycles. The van der Waals surface area contributed by atoms with Crippen LogP contribution < -0.4 is 0 Å². The Balaban J connectivity index is 1.86. The van der Waals surface area contributed by atoms with Gasteiger partial charge in [-0.15, -0.1) is 11.3 Å². The molecule has 2 aliphatic rings. The van der Waals surface area contributed by atoms with Crippen molar-refractivity contribution in [1.29, 1.82) is 0 Å². The average Bonchev–Trinajstić information content (AvgIpc) is 2.85. The molecule has 1 aliphatic carbocycles. The van der Waals surface area contributed by atoms with Crippen LogP contribution in [-0.4, -0.2) is 41.7 Å². The highest BCUT2D eigenvalue weighted by Crippen LogP contribution is 2.46. The number of rotatable bonds is 3. The predicted octanol–water partition coefficient (Wildman–Crippen LogP) is 2.28. The van der Waals surface area contributed by atoms with Crippen molar-refractivity contribution in [3.63, 3.8) is 0 Å². The van der Waals surface area contributed by atoms with Crippen LogP contribution in [0, 0.1) is 6.92 Å². The van der Waals surface area contributed by atoms with Gasteiger partial charge in [0.2, 0.25) is 0 Å². The van der Waals surface area contributed by atoms with E-state index in [-0.39, 0.29) is 12.0 Å². The van der Waals surface area contributed by atoms with Crippen LogP contribution in [0.5, 0.6) is 0 Å². The molecular weight excluding hydrogens is 244 g/mol. The summed E-state index contributed by atoms with van der Waals surface area (Å²) in [6.07, 6.45) is 4.69. The van der Waals surface area contributed by atoms with Crippen LogP contribution in [0.2, 0.25) is 0 Å². The van der Waals surface area contributed by atoms with Crippen LogP contribution in [0.3, 0.4) is 0 Å². The quantitative estimate of drug-likeness (QED) is 0.912. The lowest BCUT2D eigenvalue weighted by atomic mass is 9.70. The second kappa shape index (κ2) is 4.58. The van der Waals surface area contributed by atoms with Gasteiger partial charge in [-0.25, -0.2) is 4.98 Å². The molecule has 100 valence electrons. The number of hydrogen-bond donors (Lipinski definition) is 1. The van der Waals surface area contributed by atoms with E-state index in [1.807, 2.05) is 11.3 Å². The molecule has 18 heavy (non-hydrogen) atoms. The lowest BCUT2D eigenvalue weighted by molar-refractivity contribution is 0.119. The van der Waals surface area contributed by atoms with Gasteiger partial charge in [-0.3, -0.25) is 0 Å². The smallest absolute Gasteiger partial charge is 0.102 e. The monoisotopic (exact) mass is 266 g/mol. The third-order valence-electron chi connectivity index (χ3n) is 4.68. The van der Waals surface area contributed by atoms with Crippen molar-refractivity contribution in [2.24, 2.45) is 0 Å². The van der Waals surface area contributed by atoms with Gasteiger partial charge in [-0.05, 0) is 39.8 Å². The summed E-state index contributed by atoms with van der Waals surface area (Å²) in [6.45, 7) is 4.78. The summed E-state index contributed by atoms with van der Waals surface area (Å²) in [7, 11) is 2.18. The molecule has 1 aromatic rings. The van der Waals surface area contributed by atoms with Crippen molar-refractivity contribution >= 4 is 11.3 Å². The molecular formula is C14H22N2OS. The molecule has 1 aromatic heterocycles. The van der Waals surface area contributed by atoms with E-state index in [0.29, 0.717) is 5.92 Å². The van der Waals surface area contributed by atoms with Gasteiger partial charge in [0.05, 0.1) is 12.3 Å². The highest BCUT2D eigenvalue weighted by atomic mass is 32.1. The minimum absolute atomic E-state index is 0.0121. The number of aromatic nitrogens is 1. The molecule has 4 heteroatoms. The van der Waals surface area contributed by atoms with E-state index in [1.165, 1.54) is 35.0 Å². The first-order valence-electron chi connectivity index (χ1n) is 6.92. The van der Waals surface area contributed by atoms with E-state index in [1.54, 1.807) is 0 Å². The fourth-order valence-electron chi connectivity index (χ4n) is 3.22. The van der Waals surface area contributed by atoms with Gasteiger partial charge in [-0.1, -0.05) is 6.42 Å². The summed E-state index contributed by atoms with van der Waals surface area (Å²) in [5, 5.41) is 10.8. The molecule has 1 aliphatic heterocycles. The predicted molar refractivity (Wildman–Crippen MR) is 74.3 cm³/mol. The minimum atomic E-state index is 0.0121. The normalized spacial score (nSPS) is 27.4. The van der Waals surface area contributed by atoms with E-state index in [0.717, 1.165) is 19.4 Å². The summed E-state index contributed by atoms with van der Waals surface area (Å²) in [6, 6.07) is 0. The summed E-state index contributed by atoms with van der Waals surface area (Å²) in [4.78, 5) is 8.67. The van der Waals surface area contributed by atoms with Crippen molar-refractivity contribution in [2.75, 3.05) is 26.7 Å². The van der Waals surface area contributed by atoms with Crippen LogP contribution >= 0.6 is 11.3 Å². The highest BCUT2D eigenvalue weighted by molar-refractivity contribution is 7.11. The fraction of sp³-hybridized carbons (Fsp3) is 0.786. The van der Waals surface area contributed by atoms with Crippen molar-refractivity contribution < 1.29 is 5.11 Å². The Hall–Kier alpha value is -0.450. The maximum atomic E-state index is 9.66. The molecule has 2 fully saturated rings. The van der Waals surface area contributed by atoms with Gasteiger partial charge in [0.15, 0.2) is 0 Å². The van der Waals surface area contributed by atoms with Gasteiger partial charge in [0.1, 0.15) is 5.01 Å². The fourth-order valence-corrected chi connectivity index (χ4v) is 4.45. The number of thiazole rings is 1. The minimum Gasteiger partial charge on any atom is -0.395 e. The van der Waals surface area contributed by atoms with E-state index in [9.17, 15) is 5.11 Å². The Kier molecular flexibility index (Phi) is 3.20. The zero-order valence-electron chi connectivity index (χ0n) is 11.3. The van der Waals surface area contributed by atoms with E-state index < -0.39 is 0 Å². The Bertz CT molecular complexity index is 433. The van der Waals surface area contributed by atoms with Crippen LogP contribution in [0.1, 0.15) is 47.2 Å². The number of aliphatic hydroxyl groups excluding tert-OH is 1. The van der Waals surface area contributed by atoms with Gasteiger partial charge >= 0.3 is 0 Å². The molecule has 3 rings (SSSR count). The van der Waals surface area contributed by atoms with Crippen LogP contribution in [-0.2, 0) is 5.41 Å².